The van der Waals surface area contributed by atoms with Crippen molar-refractivity contribution < 1.29 is 4.79 Å². The van der Waals surface area contributed by atoms with Crippen molar-refractivity contribution in [2.45, 2.75) is 47.0 Å². The highest BCUT2D eigenvalue weighted by atomic mass is 16.2. The normalized spacial score (nSPS) is 14.3. The van der Waals surface area contributed by atoms with Gasteiger partial charge in [-0.3, -0.25) is 4.79 Å². The number of nitrogens with zero attached hydrogens (tertiary/aromatic N) is 2. The lowest BCUT2D eigenvalue weighted by atomic mass is 9.97. The summed E-state index contributed by atoms with van der Waals surface area (Å²) in [5, 5.41) is 8.00. The first kappa shape index (κ1) is 21.4. The smallest absolute Gasteiger partial charge is 0.250 e. The Hall–Kier alpha value is -2.89. The second-order valence-electron chi connectivity index (χ2n) is 7.20. The number of amidine groups is 1. The summed E-state index contributed by atoms with van der Waals surface area (Å²) in [7, 11) is 0. The van der Waals surface area contributed by atoms with Gasteiger partial charge >= 0.3 is 0 Å². The largest absolute Gasteiger partial charge is 0.402 e. The molecular weight excluding hydrogens is 350 g/mol. The molecule has 1 aliphatic rings. The maximum atomic E-state index is 13.0. The van der Waals surface area contributed by atoms with E-state index in [4.69, 9.17) is 16.9 Å². The summed E-state index contributed by atoms with van der Waals surface area (Å²) in [5.41, 5.74) is 16.8. The van der Waals surface area contributed by atoms with Crippen molar-refractivity contribution in [1.82, 2.24) is 4.90 Å². The average molecular weight is 382 g/mol. The molecule has 1 aromatic rings. The molecule has 0 aliphatic carbocycles. The fourth-order valence-electron chi connectivity index (χ4n) is 3.48. The maximum absolute atomic E-state index is 13.0. The molecular formula is C22H31N5O. The van der Waals surface area contributed by atoms with Crippen LogP contribution >= 0.6 is 0 Å². The van der Waals surface area contributed by atoms with Crippen LogP contribution in [0.15, 0.2) is 34.5 Å². The van der Waals surface area contributed by atoms with Crippen molar-refractivity contribution in [3.63, 3.8) is 0 Å². The number of nitrogens with two attached hydrogens (primary N) is 2. The van der Waals surface area contributed by atoms with Crippen LogP contribution in [0.25, 0.3) is 11.6 Å². The summed E-state index contributed by atoms with van der Waals surface area (Å²) >= 11 is 0. The summed E-state index contributed by atoms with van der Waals surface area (Å²) in [4.78, 5) is 19.4. The topological polar surface area (TPSA) is 109 Å². The summed E-state index contributed by atoms with van der Waals surface area (Å²) < 4.78 is 0. The van der Waals surface area contributed by atoms with Crippen molar-refractivity contribution >= 4 is 34.8 Å². The number of hydrogen-bond donors (Lipinski definition) is 3. The van der Waals surface area contributed by atoms with Crippen molar-refractivity contribution in [2.75, 3.05) is 13.1 Å². The lowest BCUT2D eigenvalue weighted by Crippen LogP contribution is -2.34. The van der Waals surface area contributed by atoms with Crippen LogP contribution in [0.4, 0.5) is 5.69 Å². The number of amides is 1. The van der Waals surface area contributed by atoms with Crippen molar-refractivity contribution in [3.05, 3.63) is 40.6 Å². The summed E-state index contributed by atoms with van der Waals surface area (Å²) in [6.45, 7) is 9.09. The second-order valence-corrected chi connectivity index (χ2v) is 7.20. The number of benzene rings is 1. The Kier molecular flexibility index (Phi) is 7.15. The Morgan fingerprint density at radius 1 is 1.21 bits per heavy atom. The number of nitrogens with one attached hydrogen (secondary N) is 1. The molecule has 0 bridgehead atoms. The van der Waals surface area contributed by atoms with E-state index in [1.807, 2.05) is 29.2 Å². The van der Waals surface area contributed by atoms with Crippen LogP contribution in [0, 0.1) is 5.41 Å². The van der Waals surface area contributed by atoms with Crippen molar-refractivity contribution in [3.8, 4) is 0 Å². The van der Waals surface area contributed by atoms with E-state index in [9.17, 15) is 4.79 Å². The summed E-state index contributed by atoms with van der Waals surface area (Å²) in [6, 6.07) is 5.70. The highest BCUT2D eigenvalue weighted by molar-refractivity contribution is 6.22. The Morgan fingerprint density at radius 2 is 1.86 bits per heavy atom. The number of rotatable bonds is 7. The number of carbonyl (C=O) groups excluding carboxylic acids is 1. The van der Waals surface area contributed by atoms with Crippen LogP contribution in [0.5, 0.6) is 0 Å². The molecule has 0 unspecified atom stereocenters. The molecule has 0 radical (unpaired) electrons. The number of hydrogen-bond acceptors (Lipinski definition) is 5. The van der Waals surface area contributed by atoms with Gasteiger partial charge in [0.15, 0.2) is 0 Å². The minimum absolute atomic E-state index is 0.0208. The van der Waals surface area contributed by atoms with Gasteiger partial charge in [0, 0.05) is 47.6 Å². The lowest BCUT2D eigenvalue weighted by molar-refractivity contribution is -0.127. The molecule has 1 heterocycles. The zero-order chi connectivity index (χ0) is 20.8. The third-order valence-electron chi connectivity index (χ3n) is 4.60. The van der Waals surface area contributed by atoms with Crippen molar-refractivity contribution in [2.24, 2.45) is 16.5 Å². The minimum atomic E-state index is 0.0208. The van der Waals surface area contributed by atoms with Gasteiger partial charge < -0.3 is 21.8 Å². The van der Waals surface area contributed by atoms with Crippen molar-refractivity contribution in [1.29, 1.82) is 5.41 Å². The van der Waals surface area contributed by atoms with Crippen LogP contribution in [-0.4, -0.2) is 35.4 Å². The van der Waals surface area contributed by atoms with E-state index in [2.05, 4.69) is 18.8 Å². The molecule has 2 rings (SSSR count). The first-order valence-corrected chi connectivity index (χ1v) is 9.77. The van der Waals surface area contributed by atoms with Crippen LogP contribution in [0.1, 0.15) is 58.1 Å². The zero-order valence-corrected chi connectivity index (χ0v) is 17.3. The highest BCUT2D eigenvalue weighted by Gasteiger charge is 2.21. The van der Waals surface area contributed by atoms with E-state index >= 15 is 0 Å². The maximum Gasteiger partial charge on any atom is 0.250 e. The molecule has 28 heavy (non-hydrogen) atoms. The van der Waals surface area contributed by atoms with Crippen LogP contribution in [0.3, 0.4) is 0 Å². The molecule has 0 aromatic heterocycles. The standard InChI is InChI=1S/C22H31N5O/c1-5-9-27(10-6-2)22(28)18-11-16-7-8-17(21(14(3)23)15(4)24)12-19(16)26-20(25)13-18/h7-8,11-12,23H,5-6,9-10,13,24H2,1-4H3,(H2,25,26). The number of allylic oxidation sites excluding steroid dienone is 2. The molecule has 0 spiro atoms. The molecule has 5 N–H and O–H groups in total. The Morgan fingerprint density at radius 3 is 2.39 bits per heavy atom. The average Bonchev–Trinajstić information content (AvgIpc) is 2.78. The predicted molar refractivity (Wildman–Crippen MR) is 118 cm³/mol. The zero-order valence-electron chi connectivity index (χ0n) is 17.3. The Balaban J connectivity index is 2.49. The summed E-state index contributed by atoms with van der Waals surface area (Å²) in [5.74, 6) is 0.428. The molecule has 150 valence electrons. The first-order chi connectivity index (χ1) is 13.3. The molecule has 0 fully saturated rings. The van der Waals surface area contributed by atoms with E-state index in [-0.39, 0.29) is 5.91 Å². The van der Waals surface area contributed by atoms with Gasteiger partial charge in [-0.1, -0.05) is 26.0 Å². The van der Waals surface area contributed by atoms with Crippen LogP contribution in [-0.2, 0) is 4.79 Å². The molecule has 1 aliphatic heterocycles. The van der Waals surface area contributed by atoms with Gasteiger partial charge in [0.1, 0.15) is 5.84 Å². The molecule has 1 amide bonds. The number of aliphatic imine (C=N–C) groups is 1. The van der Waals surface area contributed by atoms with Gasteiger partial charge in [-0.05, 0) is 44.4 Å². The van der Waals surface area contributed by atoms with Gasteiger partial charge in [0.05, 0.1) is 5.69 Å². The molecule has 0 atom stereocenters. The predicted octanol–water partition coefficient (Wildman–Crippen LogP) is 3.84. The van der Waals surface area contributed by atoms with Gasteiger partial charge in [0.25, 0.3) is 0 Å². The third kappa shape index (κ3) is 4.88. The number of fused-ring (bicyclic) bond motifs is 1. The van der Waals surface area contributed by atoms with E-state index in [0.29, 0.717) is 40.5 Å². The van der Waals surface area contributed by atoms with E-state index in [0.717, 1.165) is 37.1 Å². The highest BCUT2D eigenvalue weighted by Crippen LogP contribution is 2.31. The van der Waals surface area contributed by atoms with Gasteiger partial charge in [-0.25, -0.2) is 4.99 Å². The molecule has 0 saturated carbocycles. The third-order valence-corrected chi connectivity index (χ3v) is 4.60. The fourth-order valence-corrected chi connectivity index (χ4v) is 3.48. The van der Waals surface area contributed by atoms with E-state index < -0.39 is 0 Å². The van der Waals surface area contributed by atoms with E-state index in [1.54, 1.807) is 13.8 Å². The van der Waals surface area contributed by atoms with Gasteiger partial charge in [-0.2, -0.15) is 0 Å². The SMILES string of the molecule is CCCN(CCC)C(=O)C1=Cc2ccc(C(C(C)=N)=C(C)N)cc2N=C(N)C1. The Labute approximate surface area is 167 Å². The van der Waals surface area contributed by atoms with E-state index in [1.165, 1.54) is 0 Å². The second kappa shape index (κ2) is 9.35. The molecule has 1 aromatic carbocycles. The fraction of sp³-hybridized carbons (Fsp3) is 0.409. The Bertz CT molecular complexity index is 854. The van der Waals surface area contributed by atoms with Crippen LogP contribution < -0.4 is 11.5 Å². The first-order valence-electron chi connectivity index (χ1n) is 9.77. The molecule has 0 saturated heterocycles. The quantitative estimate of drug-likeness (QED) is 0.624. The van der Waals surface area contributed by atoms with Crippen LogP contribution in [0.2, 0.25) is 0 Å². The monoisotopic (exact) mass is 381 g/mol. The number of carbonyl (C=O) groups is 1. The minimum Gasteiger partial charge on any atom is -0.402 e. The summed E-state index contributed by atoms with van der Waals surface area (Å²) in [6.07, 6.45) is 4.05. The van der Waals surface area contributed by atoms with Gasteiger partial charge in [0.2, 0.25) is 5.91 Å². The molecule has 6 nitrogen and oxygen atoms in total. The molecule has 6 heteroatoms. The van der Waals surface area contributed by atoms with Gasteiger partial charge in [-0.15, -0.1) is 0 Å². The lowest BCUT2D eigenvalue weighted by Gasteiger charge is -2.22.